The van der Waals surface area contributed by atoms with Gasteiger partial charge in [-0.3, -0.25) is 4.99 Å². The fourth-order valence-corrected chi connectivity index (χ4v) is 5.12. The molecule has 2 nitrogen and oxygen atoms in total. The molecule has 0 saturated heterocycles. The van der Waals surface area contributed by atoms with Gasteiger partial charge in [0.2, 0.25) is 0 Å². The van der Waals surface area contributed by atoms with Gasteiger partial charge in [-0.05, 0) is 42.9 Å². The third kappa shape index (κ3) is 4.68. The van der Waals surface area contributed by atoms with E-state index in [-0.39, 0.29) is 0 Å². The molecule has 1 N–H and O–H groups in total. The molecule has 1 atom stereocenters. The van der Waals surface area contributed by atoms with Gasteiger partial charge >= 0.3 is 0 Å². The Hall–Kier alpha value is -0.180. The van der Waals surface area contributed by atoms with E-state index in [1.54, 1.807) is 0 Å². The van der Waals surface area contributed by atoms with Crippen molar-refractivity contribution >= 4 is 16.9 Å². The standard InChI is InChI=1S/C17H32N2S/c1-13(2)9-15-11-18-16(20-15)19-12-17(10-14(3)4)7-5-6-8-17/h13-15H,5-12H2,1-4H3,(H,18,19). The molecule has 0 aromatic carbocycles. The van der Waals surface area contributed by atoms with E-state index in [4.69, 9.17) is 4.99 Å². The lowest BCUT2D eigenvalue weighted by Crippen LogP contribution is -2.35. The van der Waals surface area contributed by atoms with Crippen LogP contribution in [-0.4, -0.2) is 23.5 Å². The van der Waals surface area contributed by atoms with Crippen LogP contribution >= 0.6 is 11.8 Å². The second-order valence-corrected chi connectivity index (χ2v) is 8.96. The summed E-state index contributed by atoms with van der Waals surface area (Å²) >= 11 is 1.98. The lowest BCUT2D eigenvalue weighted by molar-refractivity contribution is 0.236. The van der Waals surface area contributed by atoms with E-state index in [9.17, 15) is 0 Å². The summed E-state index contributed by atoms with van der Waals surface area (Å²) in [5, 5.41) is 5.61. The smallest absolute Gasteiger partial charge is 0.156 e. The van der Waals surface area contributed by atoms with E-state index in [1.807, 2.05) is 11.8 Å². The lowest BCUT2D eigenvalue weighted by Gasteiger charge is -2.31. The van der Waals surface area contributed by atoms with Crippen LogP contribution in [0.4, 0.5) is 0 Å². The molecule has 0 radical (unpaired) electrons. The Labute approximate surface area is 129 Å². The summed E-state index contributed by atoms with van der Waals surface area (Å²) in [5.74, 6) is 1.59. The minimum Gasteiger partial charge on any atom is -0.364 e. The van der Waals surface area contributed by atoms with Crippen molar-refractivity contribution in [2.24, 2.45) is 22.2 Å². The molecule has 0 aromatic rings. The van der Waals surface area contributed by atoms with Crippen LogP contribution in [0.15, 0.2) is 4.99 Å². The first kappa shape index (κ1) is 16.2. The number of aliphatic imine (C=N–C) groups is 1. The van der Waals surface area contributed by atoms with Crippen molar-refractivity contribution in [2.75, 3.05) is 13.1 Å². The second kappa shape index (κ2) is 7.20. The molecule has 0 amide bonds. The van der Waals surface area contributed by atoms with E-state index >= 15 is 0 Å². The Morgan fingerprint density at radius 2 is 1.90 bits per heavy atom. The number of amidine groups is 1. The summed E-state index contributed by atoms with van der Waals surface area (Å²) in [7, 11) is 0. The van der Waals surface area contributed by atoms with Gasteiger partial charge < -0.3 is 5.32 Å². The zero-order valence-electron chi connectivity index (χ0n) is 13.7. The van der Waals surface area contributed by atoms with Gasteiger partial charge in [0, 0.05) is 11.8 Å². The number of hydrogen-bond donors (Lipinski definition) is 1. The second-order valence-electron chi connectivity index (χ2n) is 7.67. The van der Waals surface area contributed by atoms with Crippen molar-refractivity contribution in [1.29, 1.82) is 0 Å². The molecule has 0 aromatic heterocycles. The minimum absolute atomic E-state index is 0.549. The third-order valence-electron chi connectivity index (χ3n) is 4.57. The third-order valence-corrected chi connectivity index (χ3v) is 5.74. The zero-order chi connectivity index (χ0) is 14.6. The van der Waals surface area contributed by atoms with E-state index < -0.39 is 0 Å². The molecule has 1 saturated carbocycles. The number of nitrogens with zero attached hydrogens (tertiary/aromatic N) is 1. The van der Waals surface area contributed by atoms with E-state index in [0.717, 1.165) is 24.9 Å². The molecule has 1 unspecified atom stereocenters. The molecule has 20 heavy (non-hydrogen) atoms. The van der Waals surface area contributed by atoms with Gasteiger partial charge in [0.05, 0.1) is 6.54 Å². The molecule has 2 rings (SSSR count). The van der Waals surface area contributed by atoms with Gasteiger partial charge in [-0.15, -0.1) is 0 Å². The van der Waals surface area contributed by atoms with Crippen LogP contribution in [0.5, 0.6) is 0 Å². The summed E-state index contributed by atoms with van der Waals surface area (Å²) in [4.78, 5) is 4.71. The Bertz CT molecular complexity index is 330. The van der Waals surface area contributed by atoms with Gasteiger partial charge in [0.1, 0.15) is 0 Å². The number of hydrogen-bond acceptors (Lipinski definition) is 3. The molecule has 116 valence electrons. The quantitative estimate of drug-likeness (QED) is 0.768. The van der Waals surface area contributed by atoms with Crippen LogP contribution in [0.1, 0.15) is 66.2 Å². The summed E-state index contributed by atoms with van der Waals surface area (Å²) in [5.41, 5.74) is 0.549. The molecular weight excluding hydrogens is 264 g/mol. The first-order valence-corrected chi connectivity index (χ1v) is 9.32. The summed E-state index contributed by atoms with van der Waals surface area (Å²) < 4.78 is 0. The van der Waals surface area contributed by atoms with Crippen molar-refractivity contribution in [3.8, 4) is 0 Å². The molecule has 1 heterocycles. The van der Waals surface area contributed by atoms with E-state index in [2.05, 4.69) is 33.0 Å². The Balaban J connectivity index is 1.79. The van der Waals surface area contributed by atoms with Crippen LogP contribution < -0.4 is 5.32 Å². The van der Waals surface area contributed by atoms with Crippen molar-refractivity contribution in [3.05, 3.63) is 0 Å². The maximum Gasteiger partial charge on any atom is 0.156 e. The van der Waals surface area contributed by atoms with Crippen LogP contribution in [0.2, 0.25) is 0 Å². The fourth-order valence-electron chi connectivity index (χ4n) is 3.87. The zero-order valence-corrected chi connectivity index (χ0v) is 14.6. The van der Waals surface area contributed by atoms with Crippen LogP contribution in [0.25, 0.3) is 0 Å². The molecule has 0 spiro atoms. The minimum atomic E-state index is 0.549. The summed E-state index contributed by atoms with van der Waals surface area (Å²) in [6, 6.07) is 0. The Kier molecular flexibility index (Phi) is 5.83. The highest BCUT2D eigenvalue weighted by molar-refractivity contribution is 8.14. The molecule has 1 aliphatic carbocycles. The topological polar surface area (TPSA) is 24.4 Å². The van der Waals surface area contributed by atoms with Crippen LogP contribution in [0, 0.1) is 17.3 Å². The van der Waals surface area contributed by atoms with Gasteiger partial charge in [-0.25, -0.2) is 0 Å². The number of rotatable bonds is 6. The molecule has 1 fully saturated rings. The van der Waals surface area contributed by atoms with Gasteiger partial charge in [0.15, 0.2) is 5.17 Å². The van der Waals surface area contributed by atoms with Crippen molar-refractivity contribution < 1.29 is 0 Å². The highest BCUT2D eigenvalue weighted by Gasteiger charge is 2.35. The predicted octanol–water partition coefficient (Wildman–Crippen LogP) is 4.70. The van der Waals surface area contributed by atoms with E-state index in [0.29, 0.717) is 10.7 Å². The number of nitrogens with one attached hydrogen (secondary N) is 1. The molecule has 3 heteroatoms. The summed E-state index contributed by atoms with van der Waals surface area (Å²) in [6.45, 7) is 11.5. The van der Waals surface area contributed by atoms with Crippen molar-refractivity contribution in [2.45, 2.75) is 71.5 Å². The Morgan fingerprint density at radius 1 is 1.20 bits per heavy atom. The fraction of sp³-hybridized carbons (Fsp3) is 0.941. The molecule has 0 bridgehead atoms. The highest BCUT2D eigenvalue weighted by Crippen LogP contribution is 2.42. The predicted molar refractivity (Wildman–Crippen MR) is 91.5 cm³/mol. The van der Waals surface area contributed by atoms with Crippen LogP contribution in [-0.2, 0) is 0 Å². The normalized spacial score (nSPS) is 25.5. The molecular formula is C17H32N2S. The van der Waals surface area contributed by atoms with E-state index in [1.165, 1.54) is 43.7 Å². The lowest BCUT2D eigenvalue weighted by atomic mass is 9.78. The molecule has 2 aliphatic rings. The number of thioether (sulfide) groups is 1. The van der Waals surface area contributed by atoms with Gasteiger partial charge in [0.25, 0.3) is 0 Å². The maximum atomic E-state index is 4.71. The average Bonchev–Trinajstić information content (AvgIpc) is 2.95. The molecule has 1 aliphatic heterocycles. The van der Waals surface area contributed by atoms with Crippen LogP contribution in [0.3, 0.4) is 0 Å². The van der Waals surface area contributed by atoms with Gasteiger partial charge in [-0.2, -0.15) is 0 Å². The first-order chi connectivity index (χ1) is 9.49. The van der Waals surface area contributed by atoms with Crippen molar-refractivity contribution in [1.82, 2.24) is 5.32 Å². The first-order valence-electron chi connectivity index (χ1n) is 8.44. The monoisotopic (exact) mass is 296 g/mol. The Morgan fingerprint density at radius 3 is 2.50 bits per heavy atom. The largest absolute Gasteiger partial charge is 0.364 e. The maximum absolute atomic E-state index is 4.71. The summed E-state index contributed by atoms with van der Waals surface area (Å²) in [6.07, 6.45) is 8.31. The SMILES string of the molecule is CC(C)CC1CN=C(NCC2(CC(C)C)CCCC2)S1. The van der Waals surface area contributed by atoms with Gasteiger partial charge in [-0.1, -0.05) is 52.3 Å². The average molecular weight is 297 g/mol. The van der Waals surface area contributed by atoms with Crippen molar-refractivity contribution in [3.63, 3.8) is 0 Å². The highest BCUT2D eigenvalue weighted by atomic mass is 32.2.